The second-order valence-electron chi connectivity index (χ2n) is 9.01. The molecule has 0 saturated carbocycles. The van der Waals surface area contributed by atoms with E-state index in [4.69, 9.17) is 9.47 Å². The Hall–Kier alpha value is -3.78. The van der Waals surface area contributed by atoms with Crippen LogP contribution in [0.2, 0.25) is 0 Å². The van der Waals surface area contributed by atoms with Gasteiger partial charge in [0.2, 0.25) is 0 Å². The van der Waals surface area contributed by atoms with E-state index >= 15 is 0 Å². The van der Waals surface area contributed by atoms with Gasteiger partial charge in [-0.2, -0.15) is 0 Å². The average Bonchev–Trinajstić information content (AvgIpc) is 3.28. The Morgan fingerprint density at radius 2 is 1.42 bits per heavy atom. The number of H-pyrrole nitrogens is 1. The molecular formula is C29H28N2O5. The third kappa shape index (κ3) is 4.44. The summed E-state index contributed by atoms with van der Waals surface area (Å²) in [5, 5.41) is 10.9. The van der Waals surface area contributed by atoms with E-state index in [2.05, 4.69) is 4.98 Å². The monoisotopic (exact) mass is 484 g/mol. The Bertz CT molecular complexity index is 1320. The second-order valence-corrected chi connectivity index (χ2v) is 9.01. The van der Waals surface area contributed by atoms with E-state index in [1.807, 2.05) is 91.0 Å². The van der Waals surface area contributed by atoms with E-state index < -0.39 is 35.2 Å². The van der Waals surface area contributed by atoms with Gasteiger partial charge in [0, 0.05) is 19.7 Å². The predicted octanol–water partition coefficient (Wildman–Crippen LogP) is 3.27. The molecule has 5 rings (SSSR count). The normalized spacial score (nSPS) is 19.9. The lowest BCUT2D eigenvalue weighted by molar-refractivity contribution is -0.0830. The van der Waals surface area contributed by atoms with E-state index in [0.717, 1.165) is 16.7 Å². The summed E-state index contributed by atoms with van der Waals surface area (Å²) in [6, 6.07) is 29.9. The van der Waals surface area contributed by atoms with Crippen LogP contribution in [0.3, 0.4) is 0 Å². The van der Waals surface area contributed by atoms with Gasteiger partial charge in [-0.25, -0.2) is 4.79 Å². The maximum absolute atomic E-state index is 12.4. The first-order valence-corrected chi connectivity index (χ1v) is 11.9. The molecule has 0 unspecified atom stereocenters. The molecule has 7 nitrogen and oxygen atoms in total. The maximum atomic E-state index is 12.4. The van der Waals surface area contributed by atoms with Gasteiger partial charge in [0.1, 0.15) is 11.7 Å². The molecule has 1 fully saturated rings. The van der Waals surface area contributed by atoms with Crippen molar-refractivity contribution in [3.63, 3.8) is 0 Å². The summed E-state index contributed by atoms with van der Waals surface area (Å²) in [7, 11) is 1.56. The first-order valence-electron chi connectivity index (χ1n) is 11.9. The van der Waals surface area contributed by atoms with Gasteiger partial charge in [-0.15, -0.1) is 0 Å². The van der Waals surface area contributed by atoms with Crippen molar-refractivity contribution in [2.24, 2.45) is 7.05 Å². The molecule has 3 atom stereocenters. The molecule has 0 amide bonds. The summed E-state index contributed by atoms with van der Waals surface area (Å²) >= 11 is 0. The molecule has 1 saturated heterocycles. The molecule has 36 heavy (non-hydrogen) atoms. The molecule has 4 aromatic rings. The zero-order valence-electron chi connectivity index (χ0n) is 19.9. The maximum Gasteiger partial charge on any atom is 0.328 e. The molecule has 1 aromatic heterocycles. The summed E-state index contributed by atoms with van der Waals surface area (Å²) in [4.78, 5) is 26.4. The van der Waals surface area contributed by atoms with Crippen LogP contribution in [0.4, 0.5) is 0 Å². The first-order chi connectivity index (χ1) is 17.5. The first kappa shape index (κ1) is 23.9. The molecule has 2 heterocycles. The SMILES string of the molecule is Cn1cc([C@H]2C[C@H](O)[C@@H](COC(c3ccccc3)(c3ccccc3)c3ccccc3)O2)c(=O)[nH]c1=O. The minimum absolute atomic E-state index is 0.0834. The Morgan fingerprint density at radius 3 is 1.92 bits per heavy atom. The Labute approximate surface area is 208 Å². The molecule has 0 aliphatic carbocycles. The van der Waals surface area contributed by atoms with Crippen molar-refractivity contribution >= 4 is 0 Å². The zero-order valence-corrected chi connectivity index (χ0v) is 19.9. The number of ether oxygens (including phenoxy) is 2. The highest BCUT2D eigenvalue weighted by molar-refractivity contribution is 5.47. The van der Waals surface area contributed by atoms with Crippen molar-refractivity contribution < 1.29 is 14.6 Å². The van der Waals surface area contributed by atoms with Gasteiger partial charge in [-0.05, 0) is 16.7 Å². The van der Waals surface area contributed by atoms with Crippen molar-refractivity contribution in [1.29, 1.82) is 0 Å². The van der Waals surface area contributed by atoms with Crippen LogP contribution in [0.15, 0.2) is 107 Å². The zero-order chi connectivity index (χ0) is 25.1. The van der Waals surface area contributed by atoms with Crippen molar-refractivity contribution in [3.05, 3.63) is 140 Å². The van der Waals surface area contributed by atoms with Gasteiger partial charge >= 0.3 is 5.69 Å². The number of aliphatic hydroxyl groups excluding tert-OH is 1. The Kier molecular flexibility index (Phi) is 6.69. The largest absolute Gasteiger partial charge is 0.390 e. The molecule has 184 valence electrons. The van der Waals surface area contributed by atoms with Crippen LogP contribution in [0, 0.1) is 0 Å². The molecule has 0 radical (unpaired) electrons. The van der Waals surface area contributed by atoms with Crippen LogP contribution in [-0.2, 0) is 22.1 Å². The molecule has 7 heteroatoms. The van der Waals surface area contributed by atoms with E-state index in [9.17, 15) is 14.7 Å². The van der Waals surface area contributed by atoms with E-state index in [1.54, 1.807) is 7.05 Å². The predicted molar refractivity (Wildman–Crippen MR) is 136 cm³/mol. The lowest BCUT2D eigenvalue weighted by Crippen LogP contribution is -2.38. The van der Waals surface area contributed by atoms with Gasteiger partial charge in [0.05, 0.1) is 24.4 Å². The van der Waals surface area contributed by atoms with Crippen molar-refractivity contribution in [2.75, 3.05) is 6.61 Å². The van der Waals surface area contributed by atoms with Gasteiger partial charge in [0.25, 0.3) is 5.56 Å². The van der Waals surface area contributed by atoms with Gasteiger partial charge in [-0.1, -0.05) is 91.0 Å². The molecule has 0 bridgehead atoms. The number of benzene rings is 3. The van der Waals surface area contributed by atoms with E-state index in [0.29, 0.717) is 5.56 Å². The third-order valence-electron chi connectivity index (χ3n) is 6.71. The van der Waals surface area contributed by atoms with Crippen LogP contribution in [0.25, 0.3) is 0 Å². The highest BCUT2D eigenvalue weighted by Crippen LogP contribution is 2.41. The summed E-state index contributed by atoms with van der Waals surface area (Å²) in [5.41, 5.74) is 1.19. The van der Waals surface area contributed by atoms with Crippen molar-refractivity contribution in [1.82, 2.24) is 9.55 Å². The lowest BCUT2D eigenvalue weighted by atomic mass is 9.80. The Balaban J connectivity index is 1.50. The van der Waals surface area contributed by atoms with E-state index in [1.165, 1.54) is 10.8 Å². The number of aryl methyl sites for hydroxylation is 1. The van der Waals surface area contributed by atoms with Gasteiger partial charge < -0.3 is 19.1 Å². The molecule has 1 aliphatic heterocycles. The topological polar surface area (TPSA) is 93.6 Å². The molecule has 0 spiro atoms. The smallest absolute Gasteiger partial charge is 0.328 e. The van der Waals surface area contributed by atoms with Crippen LogP contribution >= 0.6 is 0 Å². The number of aliphatic hydroxyl groups is 1. The molecular weight excluding hydrogens is 456 g/mol. The molecule has 2 N–H and O–H groups in total. The number of aromatic nitrogens is 2. The fourth-order valence-electron chi connectivity index (χ4n) is 4.87. The highest BCUT2D eigenvalue weighted by atomic mass is 16.6. The minimum Gasteiger partial charge on any atom is -0.390 e. The lowest BCUT2D eigenvalue weighted by Gasteiger charge is -2.37. The van der Waals surface area contributed by atoms with Crippen LogP contribution in [0.5, 0.6) is 0 Å². The number of nitrogens with one attached hydrogen (secondary N) is 1. The van der Waals surface area contributed by atoms with Crippen molar-refractivity contribution in [2.45, 2.75) is 30.3 Å². The van der Waals surface area contributed by atoms with Gasteiger partial charge in [0.15, 0.2) is 0 Å². The highest BCUT2D eigenvalue weighted by Gasteiger charge is 2.42. The molecule has 3 aromatic carbocycles. The van der Waals surface area contributed by atoms with Crippen LogP contribution in [-0.4, -0.2) is 33.5 Å². The second kappa shape index (κ2) is 10.1. The summed E-state index contributed by atoms with van der Waals surface area (Å²) < 4.78 is 14.2. The Morgan fingerprint density at radius 1 is 0.917 bits per heavy atom. The average molecular weight is 485 g/mol. The summed E-state index contributed by atoms with van der Waals surface area (Å²) in [6.45, 7) is 0.0834. The number of aromatic amines is 1. The van der Waals surface area contributed by atoms with Crippen LogP contribution in [0.1, 0.15) is 34.8 Å². The summed E-state index contributed by atoms with van der Waals surface area (Å²) in [6.07, 6.45) is -0.466. The molecule has 1 aliphatic rings. The van der Waals surface area contributed by atoms with Crippen LogP contribution < -0.4 is 11.2 Å². The third-order valence-corrected chi connectivity index (χ3v) is 6.71. The van der Waals surface area contributed by atoms with Crippen molar-refractivity contribution in [3.8, 4) is 0 Å². The van der Waals surface area contributed by atoms with E-state index in [-0.39, 0.29) is 13.0 Å². The standard InChI is InChI=1S/C29H28N2O5/c1-31-18-23(27(33)30-28(31)34)25-17-24(32)26(36-25)19-35-29(20-11-5-2-6-12-20,21-13-7-3-8-14-21)22-15-9-4-10-16-22/h2-16,18,24-26,32H,17,19H2,1H3,(H,30,33,34)/t24-,25+,26+/m0/s1. The number of nitrogens with zero attached hydrogens (tertiary/aromatic N) is 1. The number of hydrogen-bond acceptors (Lipinski definition) is 5. The fraction of sp³-hybridized carbons (Fsp3) is 0.241. The minimum atomic E-state index is -0.945. The quantitative estimate of drug-likeness (QED) is 0.393. The number of hydrogen-bond donors (Lipinski definition) is 2. The summed E-state index contributed by atoms with van der Waals surface area (Å²) in [5.74, 6) is 0. The van der Waals surface area contributed by atoms with Gasteiger partial charge in [-0.3, -0.25) is 9.78 Å². The number of rotatable bonds is 7. The fourth-order valence-corrected chi connectivity index (χ4v) is 4.87.